The van der Waals surface area contributed by atoms with Gasteiger partial charge in [-0.05, 0) is 38.1 Å². The van der Waals surface area contributed by atoms with Gasteiger partial charge in [0, 0.05) is 6.04 Å². The predicted octanol–water partition coefficient (Wildman–Crippen LogP) is 1.47. The van der Waals surface area contributed by atoms with Gasteiger partial charge in [-0.15, -0.1) is 0 Å². The van der Waals surface area contributed by atoms with Gasteiger partial charge in [-0.2, -0.15) is 0 Å². The first-order chi connectivity index (χ1) is 7.94. The summed E-state index contributed by atoms with van der Waals surface area (Å²) < 4.78 is 26.7. The first-order valence-electron chi connectivity index (χ1n) is 6.64. The lowest BCUT2D eigenvalue weighted by Crippen LogP contribution is -2.42. The van der Waals surface area contributed by atoms with Crippen molar-refractivity contribution in [1.29, 1.82) is 0 Å². The number of hydrogen-bond acceptors (Lipinski definition) is 3. The van der Waals surface area contributed by atoms with Crippen LogP contribution in [0.2, 0.25) is 0 Å². The quantitative estimate of drug-likeness (QED) is 0.761. The monoisotopic (exact) mass is 262 g/mol. The summed E-state index contributed by atoms with van der Waals surface area (Å²) in [6.45, 7) is 4.36. The minimum Gasteiger partial charge on any atom is -0.330 e. The molecule has 3 N–H and O–H groups in total. The molecular formula is C12H26N2O2S. The molecule has 102 valence electrons. The summed E-state index contributed by atoms with van der Waals surface area (Å²) in [4.78, 5) is 0. The van der Waals surface area contributed by atoms with Crippen molar-refractivity contribution < 1.29 is 8.42 Å². The van der Waals surface area contributed by atoms with E-state index in [0.717, 1.165) is 12.8 Å². The third-order valence-corrected chi connectivity index (χ3v) is 5.41. The molecule has 0 bridgehead atoms. The molecule has 1 fully saturated rings. The second-order valence-electron chi connectivity index (χ2n) is 5.40. The zero-order valence-electron chi connectivity index (χ0n) is 11.0. The number of nitrogens with one attached hydrogen (secondary N) is 1. The summed E-state index contributed by atoms with van der Waals surface area (Å²) in [7, 11) is -3.14. The summed E-state index contributed by atoms with van der Waals surface area (Å²) in [5.41, 5.74) is 5.54. The van der Waals surface area contributed by atoms with E-state index >= 15 is 0 Å². The normalized spacial score (nSPS) is 22.3. The maximum Gasteiger partial charge on any atom is 0.212 e. The second-order valence-corrected chi connectivity index (χ2v) is 7.20. The molecule has 1 saturated carbocycles. The number of sulfonamides is 1. The number of hydrogen-bond donors (Lipinski definition) is 2. The highest BCUT2D eigenvalue weighted by atomic mass is 32.2. The Kier molecular flexibility index (Phi) is 5.89. The van der Waals surface area contributed by atoms with Gasteiger partial charge in [0.05, 0.1) is 5.75 Å². The molecule has 0 aromatic rings. The molecule has 0 saturated heterocycles. The van der Waals surface area contributed by atoms with Gasteiger partial charge in [0.15, 0.2) is 0 Å². The van der Waals surface area contributed by atoms with Gasteiger partial charge in [0.2, 0.25) is 10.0 Å². The van der Waals surface area contributed by atoms with Crippen LogP contribution >= 0.6 is 0 Å². The van der Waals surface area contributed by atoms with Crippen molar-refractivity contribution in [3.05, 3.63) is 0 Å². The van der Waals surface area contributed by atoms with Crippen molar-refractivity contribution in [2.45, 2.75) is 52.0 Å². The van der Waals surface area contributed by atoms with Crippen LogP contribution in [-0.2, 0) is 10.0 Å². The fourth-order valence-electron chi connectivity index (χ4n) is 2.32. The van der Waals surface area contributed by atoms with Crippen LogP contribution in [0.25, 0.3) is 0 Å². The Bertz CT molecular complexity index is 300. The molecule has 1 aliphatic rings. The summed E-state index contributed by atoms with van der Waals surface area (Å²) >= 11 is 0. The van der Waals surface area contributed by atoms with Crippen LogP contribution in [0.3, 0.4) is 0 Å². The predicted molar refractivity (Wildman–Crippen MR) is 71.2 cm³/mol. The Hall–Kier alpha value is -0.130. The molecule has 0 aromatic heterocycles. The summed E-state index contributed by atoms with van der Waals surface area (Å²) in [6.07, 6.45) is 5.72. The fourth-order valence-corrected chi connectivity index (χ4v) is 4.16. The van der Waals surface area contributed by atoms with Gasteiger partial charge in [-0.25, -0.2) is 13.1 Å². The van der Waals surface area contributed by atoms with Gasteiger partial charge >= 0.3 is 0 Å². The smallest absolute Gasteiger partial charge is 0.212 e. The second kappa shape index (κ2) is 6.71. The van der Waals surface area contributed by atoms with E-state index in [1.165, 1.54) is 19.3 Å². The van der Waals surface area contributed by atoms with Crippen molar-refractivity contribution in [3.63, 3.8) is 0 Å². The summed E-state index contributed by atoms with van der Waals surface area (Å²) in [6, 6.07) is -0.0754. The van der Waals surface area contributed by atoms with Gasteiger partial charge in [-0.1, -0.05) is 26.2 Å². The highest BCUT2D eigenvalue weighted by Crippen LogP contribution is 2.24. The Labute approximate surface area is 105 Å². The molecule has 2 atom stereocenters. The Morgan fingerprint density at radius 2 is 1.82 bits per heavy atom. The van der Waals surface area contributed by atoms with Crippen LogP contribution in [0.5, 0.6) is 0 Å². The lowest BCUT2D eigenvalue weighted by atomic mass is 9.91. The minimum atomic E-state index is -3.14. The lowest BCUT2D eigenvalue weighted by molar-refractivity contribution is 0.381. The highest BCUT2D eigenvalue weighted by molar-refractivity contribution is 7.89. The first kappa shape index (κ1) is 14.9. The molecule has 0 aliphatic heterocycles. The molecule has 4 nitrogen and oxygen atoms in total. The molecular weight excluding hydrogens is 236 g/mol. The van der Waals surface area contributed by atoms with E-state index < -0.39 is 10.0 Å². The van der Waals surface area contributed by atoms with E-state index in [1.807, 2.05) is 13.8 Å². The molecule has 5 heteroatoms. The van der Waals surface area contributed by atoms with Gasteiger partial charge in [0.25, 0.3) is 0 Å². The minimum absolute atomic E-state index is 0.0754. The molecule has 2 unspecified atom stereocenters. The molecule has 0 heterocycles. The molecule has 0 spiro atoms. The van der Waals surface area contributed by atoms with E-state index in [9.17, 15) is 8.42 Å². The molecule has 17 heavy (non-hydrogen) atoms. The van der Waals surface area contributed by atoms with Crippen molar-refractivity contribution in [1.82, 2.24) is 4.72 Å². The van der Waals surface area contributed by atoms with Crippen LogP contribution < -0.4 is 10.5 Å². The lowest BCUT2D eigenvalue weighted by Gasteiger charge is -2.24. The molecule has 0 amide bonds. The third kappa shape index (κ3) is 5.36. The van der Waals surface area contributed by atoms with Crippen LogP contribution in [0.4, 0.5) is 0 Å². The van der Waals surface area contributed by atoms with Crippen molar-refractivity contribution >= 4 is 10.0 Å². The Balaban J connectivity index is 2.44. The SMILES string of the molecule is CC(CN)C(C)NS(=O)(=O)CC1CCCCC1. The summed E-state index contributed by atoms with van der Waals surface area (Å²) in [5.74, 6) is 0.812. The average Bonchev–Trinajstić information content (AvgIpc) is 2.27. The number of nitrogens with two attached hydrogens (primary N) is 1. The largest absolute Gasteiger partial charge is 0.330 e. The van der Waals surface area contributed by atoms with Gasteiger partial charge in [-0.3, -0.25) is 0 Å². The average molecular weight is 262 g/mol. The van der Waals surface area contributed by atoms with Crippen LogP contribution in [0.15, 0.2) is 0 Å². The van der Waals surface area contributed by atoms with Gasteiger partial charge in [0.1, 0.15) is 0 Å². The Morgan fingerprint density at radius 3 is 2.35 bits per heavy atom. The van der Waals surface area contributed by atoms with E-state index in [-0.39, 0.29) is 17.7 Å². The highest BCUT2D eigenvalue weighted by Gasteiger charge is 2.24. The third-order valence-electron chi connectivity index (χ3n) is 3.77. The summed E-state index contributed by atoms with van der Waals surface area (Å²) in [5, 5.41) is 0. The zero-order valence-corrected chi connectivity index (χ0v) is 11.8. The van der Waals surface area contributed by atoms with Gasteiger partial charge < -0.3 is 5.73 Å². The Morgan fingerprint density at radius 1 is 1.24 bits per heavy atom. The fraction of sp³-hybridized carbons (Fsp3) is 1.00. The standard InChI is InChI=1S/C12H26N2O2S/c1-10(8-13)11(2)14-17(15,16)9-12-6-4-3-5-7-12/h10-12,14H,3-9,13H2,1-2H3. The van der Waals surface area contributed by atoms with Crippen LogP contribution in [0, 0.1) is 11.8 Å². The van der Waals surface area contributed by atoms with E-state index in [0.29, 0.717) is 12.5 Å². The maximum atomic E-state index is 12.0. The van der Waals surface area contributed by atoms with E-state index in [4.69, 9.17) is 5.73 Å². The zero-order chi connectivity index (χ0) is 12.9. The first-order valence-corrected chi connectivity index (χ1v) is 8.30. The van der Waals surface area contributed by atoms with Crippen molar-refractivity contribution in [2.24, 2.45) is 17.6 Å². The number of rotatable bonds is 6. The molecule has 0 radical (unpaired) electrons. The van der Waals surface area contributed by atoms with Crippen molar-refractivity contribution in [2.75, 3.05) is 12.3 Å². The molecule has 1 rings (SSSR count). The van der Waals surface area contributed by atoms with E-state index in [1.54, 1.807) is 0 Å². The molecule has 1 aliphatic carbocycles. The van der Waals surface area contributed by atoms with Crippen LogP contribution in [-0.4, -0.2) is 26.8 Å². The topological polar surface area (TPSA) is 72.2 Å². The van der Waals surface area contributed by atoms with E-state index in [2.05, 4.69) is 4.72 Å². The van der Waals surface area contributed by atoms with Crippen molar-refractivity contribution in [3.8, 4) is 0 Å². The molecule has 0 aromatic carbocycles. The maximum absolute atomic E-state index is 12.0. The van der Waals surface area contributed by atoms with Crippen LogP contribution in [0.1, 0.15) is 46.0 Å².